The smallest absolute Gasteiger partial charge is 0.385 e. The van der Waals surface area contributed by atoms with E-state index in [0.29, 0.717) is 16.0 Å². The molecule has 0 N–H and O–H groups in total. The molecular formula is C8H4F2NO3S2-. The van der Waals surface area contributed by atoms with E-state index >= 15 is 0 Å². The van der Waals surface area contributed by atoms with Crippen LogP contribution < -0.4 is 0 Å². The molecule has 0 amide bonds. The van der Waals surface area contributed by atoms with Gasteiger partial charge in [0.2, 0.25) is 0 Å². The first kappa shape index (κ1) is 11.4. The highest BCUT2D eigenvalue weighted by Gasteiger charge is 2.43. The minimum absolute atomic E-state index is 0.242. The average Bonchev–Trinajstić information content (AvgIpc) is 2.59. The molecule has 0 saturated heterocycles. The van der Waals surface area contributed by atoms with E-state index in [4.69, 9.17) is 0 Å². The topological polar surface area (TPSA) is 70.1 Å². The number of rotatable bonds is 2. The van der Waals surface area contributed by atoms with Gasteiger partial charge in [-0.1, -0.05) is 12.1 Å². The summed E-state index contributed by atoms with van der Waals surface area (Å²) in [5, 5.41) is -5.47. The Hall–Kier alpha value is -1.12. The second-order valence-corrected chi connectivity index (χ2v) is 5.41. The molecule has 0 aliphatic rings. The van der Waals surface area contributed by atoms with Crippen molar-refractivity contribution in [3.63, 3.8) is 0 Å². The molecule has 0 aliphatic carbocycles. The van der Waals surface area contributed by atoms with Crippen LogP contribution in [0, 0.1) is 0 Å². The summed E-state index contributed by atoms with van der Waals surface area (Å²) in [5.41, 5.74) is 0.242. The lowest BCUT2D eigenvalue weighted by molar-refractivity contribution is 0.0775. The fourth-order valence-corrected chi connectivity index (χ4v) is 2.63. The van der Waals surface area contributed by atoms with Gasteiger partial charge in [0, 0.05) is 0 Å². The number of hydrogen-bond donors (Lipinski definition) is 0. The zero-order chi connectivity index (χ0) is 12.0. The third kappa shape index (κ3) is 1.68. The van der Waals surface area contributed by atoms with Crippen molar-refractivity contribution in [2.45, 2.75) is 5.25 Å². The molecule has 1 aromatic heterocycles. The maximum atomic E-state index is 13.1. The lowest BCUT2D eigenvalue weighted by Gasteiger charge is -2.16. The molecule has 86 valence electrons. The minimum Gasteiger partial charge on any atom is -0.743 e. The number of benzene rings is 1. The zero-order valence-electron chi connectivity index (χ0n) is 7.55. The van der Waals surface area contributed by atoms with Crippen molar-refractivity contribution in [2.24, 2.45) is 0 Å². The van der Waals surface area contributed by atoms with Crippen molar-refractivity contribution < 1.29 is 21.8 Å². The zero-order valence-corrected chi connectivity index (χ0v) is 9.19. The number of halogens is 2. The molecular weight excluding hydrogens is 260 g/mol. The van der Waals surface area contributed by atoms with Gasteiger partial charge in [0.25, 0.3) is 0 Å². The Bertz CT molecular complexity index is 603. The SMILES string of the molecule is O=S(=O)([O-])C(F)(F)c1nc2ccccc2s1. The largest absolute Gasteiger partial charge is 0.743 e. The first-order valence-corrected chi connectivity index (χ1v) is 6.24. The van der Waals surface area contributed by atoms with Gasteiger partial charge in [-0.15, -0.1) is 11.3 Å². The average molecular weight is 264 g/mol. The van der Waals surface area contributed by atoms with Crippen LogP contribution in [0.15, 0.2) is 24.3 Å². The predicted molar refractivity (Wildman–Crippen MR) is 53.2 cm³/mol. The Morgan fingerprint density at radius 1 is 1.31 bits per heavy atom. The first-order chi connectivity index (χ1) is 7.32. The number of aromatic nitrogens is 1. The Kier molecular flexibility index (Phi) is 2.44. The van der Waals surface area contributed by atoms with Gasteiger partial charge in [-0.3, -0.25) is 0 Å². The Balaban J connectivity index is 2.65. The summed E-state index contributed by atoms with van der Waals surface area (Å²) in [5.74, 6) is 0. The second-order valence-electron chi connectivity index (χ2n) is 2.96. The van der Waals surface area contributed by atoms with E-state index in [1.807, 2.05) is 0 Å². The van der Waals surface area contributed by atoms with Gasteiger partial charge < -0.3 is 4.55 Å². The molecule has 0 spiro atoms. The predicted octanol–water partition coefficient (Wildman–Crippen LogP) is 1.89. The molecule has 4 nitrogen and oxygen atoms in total. The van der Waals surface area contributed by atoms with Gasteiger partial charge in [-0.2, -0.15) is 8.78 Å². The Morgan fingerprint density at radius 3 is 2.50 bits per heavy atom. The van der Waals surface area contributed by atoms with Crippen LogP contribution in [-0.2, 0) is 15.4 Å². The second kappa shape index (κ2) is 3.44. The molecule has 0 bridgehead atoms. The van der Waals surface area contributed by atoms with Crippen LogP contribution in [0.4, 0.5) is 8.78 Å². The number of thiazole rings is 1. The highest BCUT2D eigenvalue weighted by molar-refractivity contribution is 7.86. The maximum absolute atomic E-state index is 13.1. The van der Waals surface area contributed by atoms with Crippen LogP contribution in [0.25, 0.3) is 10.2 Å². The fraction of sp³-hybridized carbons (Fsp3) is 0.125. The van der Waals surface area contributed by atoms with E-state index < -0.39 is 20.4 Å². The Labute approximate surface area is 93.3 Å². The molecule has 16 heavy (non-hydrogen) atoms. The summed E-state index contributed by atoms with van der Waals surface area (Å²) in [6.45, 7) is 0. The minimum atomic E-state index is -5.74. The third-order valence-corrected chi connectivity index (χ3v) is 3.91. The van der Waals surface area contributed by atoms with E-state index in [1.54, 1.807) is 12.1 Å². The first-order valence-electron chi connectivity index (χ1n) is 4.01. The van der Waals surface area contributed by atoms with Crippen LogP contribution in [0.5, 0.6) is 0 Å². The van der Waals surface area contributed by atoms with E-state index in [9.17, 15) is 21.8 Å². The molecule has 1 aromatic carbocycles. The molecule has 0 radical (unpaired) electrons. The molecule has 0 atom stereocenters. The van der Waals surface area contributed by atoms with Crippen molar-refractivity contribution in [3.8, 4) is 0 Å². The molecule has 8 heteroatoms. The number of hydrogen-bond acceptors (Lipinski definition) is 5. The van der Waals surface area contributed by atoms with Gasteiger partial charge in [-0.05, 0) is 12.1 Å². The van der Waals surface area contributed by atoms with Gasteiger partial charge in [0.1, 0.15) is 0 Å². The number of fused-ring (bicyclic) bond motifs is 1. The molecule has 0 aliphatic heterocycles. The summed E-state index contributed by atoms with van der Waals surface area (Å²) in [4.78, 5) is 3.44. The molecule has 0 unspecified atom stereocenters. The molecule has 0 saturated carbocycles. The molecule has 2 aromatic rings. The summed E-state index contributed by atoms with van der Waals surface area (Å²) < 4.78 is 57.9. The van der Waals surface area contributed by atoms with Crippen molar-refractivity contribution in [3.05, 3.63) is 29.3 Å². The van der Waals surface area contributed by atoms with Crippen molar-refractivity contribution in [1.29, 1.82) is 0 Å². The van der Waals surface area contributed by atoms with Crippen LogP contribution in [-0.4, -0.2) is 18.0 Å². The van der Waals surface area contributed by atoms with Gasteiger partial charge in [0.05, 0.1) is 10.2 Å². The molecule has 2 rings (SSSR count). The van der Waals surface area contributed by atoms with Crippen LogP contribution in [0.2, 0.25) is 0 Å². The highest BCUT2D eigenvalue weighted by atomic mass is 32.2. The van der Waals surface area contributed by atoms with E-state index in [2.05, 4.69) is 4.98 Å². The van der Waals surface area contributed by atoms with Crippen molar-refractivity contribution in [1.82, 2.24) is 4.98 Å². The van der Waals surface area contributed by atoms with Gasteiger partial charge >= 0.3 is 5.25 Å². The van der Waals surface area contributed by atoms with Crippen molar-refractivity contribution in [2.75, 3.05) is 0 Å². The number of alkyl halides is 2. The van der Waals surface area contributed by atoms with Crippen LogP contribution in [0.1, 0.15) is 5.01 Å². The van der Waals surface area contributed by atoms with E-state index in [0.717, 1.165) is 0 Å². The van der Waals surface area contributed by atoms with Crippen LogP contribution in [0.3, 0.4) is 0 Å². The molecule has 1 heterocycles. The standard InChI is InChI=1S/C8H5F2NO3S2/c9-8(10,16(12,13)14)7-11-5-3-1-2-4-6(5)15-7/h1-4H,(H,12,13,14)/p-1. The van der Waals surface area contributed by atoms with Gasteiger partial charge in [-0.25, -0.2) is 13.4 Å². The number of para-hydroxylation sites is 1. The Morgan fingerprint density at radius 2 is 1.94 bits per heavy atom. The lowest BCUT2D eigenvalue weighted by Crippen LogP contribution is -2.25. The summed E-state index contributed by atoms with van der Waals surface area (Å²) in [6.07, 6.45) is 0. The van der Waals surface area contributed by atoms with Gasteiger partial charge in [0.15, 0.2) is 15.1 Å². The van der Waals surface area contributed by atoms with Crippen molar-refractivity contribution >= 4 is 31.7 Å². The summed E-state index contributed by atoms with van der Waals surface area (Å²) in [7, 11) is -5.74. The number of nitrogens with zero attached hydrogens (tertiary/aromatic N) is 1. The maximum Gasteiger partial charge on any atom is 0.385 e. The summed E-state index contributed by atoms with van der Waals surface area (Å²) >= 11 is 0.491. The third-order valence-electron chi connectivity index (χ3n) is 1.86. The van der Waals surface area contributed by atoms with Crippen LogP contribution >= 0.6 is 11.3 Å². The lowest BCUT2D eigenvalue weighted by atomic mass is 10.3. The molecule has 0 fully saturated rings. The monoisotopic (exact) mass is 264 g/mol. The highest BCUT2D eigenvalue weighted by Crippen LogP contribution is 2.37. The summed E-state index contributed by atoms with van der Waals surface area (Å²) in [6, 6.07) is 6.16. The normalized spacial score (nSPS) is 13.2. The fourth-order valence-electron chi connectivity index (χ4n) is 1.10. The van der Waals surface area contributed by atoms with E-state index in [-0.39, 0.29) is 5.52 Å². The van der Waals surface area contributed by atoms with E-state index in [1.165, 1.54) is 12.1 Å². The quantitative estimate of drug-likeness (QED) is 0.777.